The summed E-state index contributed by atoms with van der Waals surface area (Å²) in [5, 5.41) is 28.4. The SMILES string of the molecule is CCCC1(CCN(C)C)CC(NC(=O)N2C(c3ccnn3-c3ccc(C#N)cc3)=C(C)N(c3cccc(C(F)(F)F)c3)C2O)C1. The molecule has 2 aliphatic rings. The zero-order valence-electron chi connectivity index (χ0n) is 25.8. The van der Waals surface area contributed by atoms with Gasteiger partial charge in [-0.15, -0.1) is 0 Å². The third-order valence-electron chi connectivity index (χ3n) is 8.76. The van der Waals surface area contributed by atoms with E-state index in [1.807, 2.05) is 14.1 Å². The molecular weight excluding hydrogens is 583 g/mol. The first-order valence-electron chi connectivity index (χ1n) is 15.0. The summed E-state index contributed by atoms with van der Waals surface area (Å²) < 4.78 is 42.5. The summed E-state index contributed by atoms with van der Waals surface area (Å²) in [6, 6.07) is 14.5. The van der Waals surface area contributed by atoms with Gasteiger partial charge in [-0.2, -0.15) is 23.5 Å². The molecule has 0 radical (unpaired) electrons. The average molecular weight is 622 g/mol. The normalized spacial score (nSPS) is 21.7. The number of benzene rings is 2. The number of anilines is 1. The fourth-order valence-electron chi connectivity index (χ4n) is 6.59. The second-order valence-corrected chi connectivity index (χ2v) is 12.2. The van der Waals surface area contributed by atoms with Crippen LogP contribution in [0.2, 0.25) is 0 Å². The maximum absolute atomic E-state index is 14.0. The van der Waals surface area contributed by atoms with Crippen molar-refractivity contribution in [3.63, 3.8) is 0 Å². The number of hydrogen-bond acceptors (Lipinski definition) is 6. The van der Waals surface area contributed by atoms with Crippen LogP contribution in [-0.2, 0) is 6.18 Å². The fraction of sp³-hybridized carbons (Fsp3) is 0.424. The third-order valence-corrected chi connectivity index (χ3v) is 8.76. The van der Waals surface area contributed by atoms with Crippen molar-refractivity contribution in [1.82, 2.24) is 24.9 Å². The van der Waals surface area contributed by atoms with Gasteiger partial charge >= 0.3 is 12.2 Å². The highest BCUT2D eigenvalue weighted by Gasteiger charge is 2.47. The van der Waals surface area contributed by atoms with E-state index in [2.05, 4.69) is 28.3 Å². The number of aliphatic hydroxyl groups excluding tert-OH is 1. The summed E-state index contributed by atoms with van der Waals surface area (Å²) in [4.78, 5) is 18.7. The van der Waals surface area contributed by atoms with Crippen LogP contribution in [0.25, 0.3) is 11.4 Å². The number of halogens is 3. The number of rotatable bonds is 9. The Morgan fingerprint density at radius 3 is 2.47 bits per heavy atom. The molecule has 1 aliphatic carbocycles. The molecule has 0 spiro atoms. The zero-order valence-corrected chi connectivity index (χ0v) is 25.8. The lowest BCUT2D eigenvalue weighted by Gasteiger charge is -2.49. The molecule has 1 aliphatic heterocycles. The number of hydrogen-bond donors (Lipinski definition) is 2. The lowest BCUT2D eigenvalue weighted by atomic mass is 9.61. The molecule has 238 valence electrons. The number of aromatic nitrogens is 2. The maximum Gasteiger partial charge on any atom is 0.416 e. The molecular formula is C33H38F3N7O2. The second-order valence-electron chi connectivity index (χ2n) is 12.2. The molecule has 45 heavy (non-hydrogen) atoms. The number of carbonyl (C=O) groups excluding carboxylic acids is 1. The van der Waals surface area contributed by atoms with Crippen LogP contribution < -0.4 is 10.2 Å². The highest BCUT2D eigenvalue weighted by molar-refractivity contribution is 5.90. The van der Waals surface area contributed by atoms with E-state index in [-0.39, 0.29) is 17.1 Å². The van der Waals surface area contributed by atoms with E-state index in [4.69, 9.17) is 0 Å². The molecule has 12 heteroatoms. The van der Waals surface area contributed by atoms with E-state index in [9.17, 15) is 28.3 Å². The molecule has 1 saturated carbocycles. The van der Waals surface area contributed by atoms with Gasteiger partial charge in [0, 0.05) is 17.4 Å². The molecule has 3 aromatic rings. The van der Waals surface area contributed by atoms with Gasteiger partial charge in [0.2, 0.25) is 6.35 Å². The summed E-state index contributed by atoms with van der Waals surface area (Å²) in [5.41, 5.74) is 1.52. The van der Waals surface area contributed by atoms with Gasteiger partial charge < -0.3 is 15.3 Å². The first kappa shape index (κ1) is 32.1. The van der Waals surface area contributed by atoms with Crippen LogP contribution in [0.1, 0.15) is 62.8 Å². The monoisotopic (exact) mass is 621 g/mol. The van der Waals surface area contributed by atoms with Gasteiger partial charge in [-0.25, -0.2) is 14.4 Å². The van der Waals surface area contributed by atoms with Gasteiger partial charge in [-0.05, 0) is 107 Å². The standard InChI is InChI=1S/C33H38F3N7O2/c1-5-14-32(15-17-40(3)4)19-25(20-32)39-30(44)42-29(28-13-16-38-43(28)26-11-9-23(21-37)10-12-26)22(2)41(31(42)45)27-8-6-7-24(18-27)33(34,35)36/h6-13,16,18,25,31,45H,5,14-15,17,19-20H2,1-4H3,(H,39,44). The topological polar surface area (TPSA) is 101 Å². The predicted octanol–water partition coefficient (Wildman–Crippen LogP) is 6.16. The van der Waals surface area contributed by atoms with Crippen molar-refractivity contribution in [2.45, 2.75) is 64.5 Å². The van der Waals surface area contributed by atoms with Crippen molar-refractivity contribution in [3.05, 3.63) is 83.3 Å². The van der Waals surface area contributed by atoms with Crippen molar-refractivity contribution >= 4 is 17.4 Å². The van der Waals surface area contributed by atoms with Crippen molar-refractivity contribution in [2.24, 2.45) is 5.41 Å². The number of nitrogens with zero attached hydrogens (tertiary/aromatic N) is 6. The number of amides is 2. The van der Waals surface area contributed by atoms with Gasteiger partial charge in [0.05, 0.1) is 40.5 Å². The minimum absolute atomic E-state index is 0.0846. The molecule has 0 saturated heterocycles. The van der Waals surface area contributed by atoms with Gasteiger partial charge in [-0.1, -0.05) is 19.4 Å². The number of nitrogens with one attached hydrogen (secondary N) is 1. The van der Waals surface area contributed by atoms with Gasteiger partial charge in [0.15, 0.2) is 0 Å². The predicted molar refractivity (Wildman–Crippen MR) is 165 cm³/mol. The van der Waals surface area contributed by atoms with Crippen LogP contribution in [0, 0.1) is 16.7 Å². The molecule has 9 nitrogen and oxygen atoms in total. The molecule has 2 heterocycles. The van der Waals surface area contributed by atoms with Crippen LogP contribution in [0.5, 0.6) is 0 Å². The fourth-order valence-corrected chi connectivity index (χ4v) is 6.59. The number of nitriles is 1. The minimum atomic E-state index is -4.59. The van der Waals surface area contributed by atoms with Gasteiger partial charge in [0.1, 0.15) is 0 Å². The Balaban J connectivity index is 1.50. The third kappa shape index (κ3) is 6.41. The molecule has 5 rings (SSSR count). The maximum atomic E-state index is 14.0. The van der Waals surface area contributed by atoms with Crippen molar-refractivity contribution in [1.29, 1.82) is 5.26 Å². The Labute approximate surface area is 261 Å². The molecule has 1 atom stereocenters. The Kier molecular flexibility index (Phi) is 8.96. The van der Waals surface area contributed by atoms with Crippen LogP contribution in [0.4, 0.5) is 23.7 Å². The number of allylic oxidation sites excluding steroid dienone is 1. The van der Waals surface area contributed by atoms with Crippen LogP contribution in [0.15, 0.2) is 66.5 Å². The van der Waals surface area contributed by atoms with Crippen LogP contribution in [-0.4, -0.2) is 63.8 Å². The summed E-state index contributed by atoms with van der Waals surface area (Å²) in [7, 11) is 4.09. The second kappa shape index (κ2) is 12.6. The highest BCUT2D eigenvalue weighted by atomic mass is 19.4. The summed E-state index contributed by atoms with van der Waals surface area (Å²) >= 11 is 0. The Bertz CT molecular complexity index is 1600. The van der Waals surface area contributed by atoms with Crippen LogP contribution in [0.3, 0.4) is 0 Å². The molecule has 1 unspecified atom stereocenters. The number of aliphatic hydroxyl groups is 1. The zero-order chi connectivity index (χ0) is 32.5. The molecule has 2 N–H and O–H groups in total. The smallest absolute Gasteiger partial charge is 0.356 e. The number of urea groups is 1. The first-order valence-corrected chi connectivity index (χ1v) is 15.0. The van der Waals surface area contributed by atoms with Crippen molar-refractivity contribution in [2.75, 3.05) is 25.5 Å². The molecule has 1 fully saturated rings. The summed E-state index contributed by atoms with van der Waals surface area (Å²) in [5.74, 6) is 0. The van der Waals surface area contributed by atoms with Gasteiger partial charge in [-0.3, -0.25) is 4.90 Å². The Morgan fingerprint density at radius 1 is 1.13 bits per heavy atom. The molecule has 2 amide bonds. The van der Waals surface area contributed by atoms with E-state index >= 15 is 0 Å². The number of carbonyl (C=O) groups is 1. The number of alkyl halides is 3. The first-order chi connectivity index (χ1) is 21.4. The molecule has 1 aromatic heterocycles. The van der Waals surface area contributed by atoms with Crippen LogP contribution >= 0.6 is 0 Å². The van der Waals surface area contributed by atoms with E-state index in [0.717, 1.165) is 50.8 Å². The van der Waals surface area contributed by atoms with E-state index in [0.29, 0.717) is 28.3 Å². The lowest BCUT2D eigenvalue weighted by Crippen LogP contribution is -2.56. The largest absolute Gasteiger partial charge is 0.416 e. The van der Waals surface area contributed by atoms with E-state index in [1.54, 1.807) is 48.1 Å². The minimum Gasteiger partial charge on any atom is -0.356 e. The average Bonchev–Trinajstić information content (AvgIpc) is 3.56. The van der Waals surface area contributed by atoms with E-state index in [1.165, 1.54) is 21.9 Å². The lowest BCUT2D eigenvalue weighted by molar-refractivity contribution is -0.137. The molecule has 2 aromatic carbocycles. The Morgan fingerprint density at radius 2 is 1.84 bits per heavy atom. The molecule has 0 bridgehead atoms. The summed E-state index contributed by atoms with van der Waals surface area (Å²) in [6.45, 7) is 4.76. The van der Waals surface area contributed by atoms with E-state index < -0.39 is 24.1 Å². The summed E-state index contributed by atoms with van der Waals surface area (Å²) in [6.07, 6.45) is 0.0536. The highest BCUT2D eigenvalue weighted by Crippen LogP contribution is 2.48. The Hall–Kier alpha value is -4.34. The quantitative estimate of drug-likeness (QED) is 0.297. The van der Waals surface area contributed by atoms with Crippen molar-refractivity contribution in [3.8, 4) is 11.8 Å². The van der Waals surface area contributed by atoms with Gasteiger partial charge in [0.25, 0.3) is 0 Å². The van der Waals surface area contributed by atoms with Crippen molar-refractivity contribution < 1.29 is 23.1 Å².